The number of azo groups is 1. The van der Waals surface area contributed by atoms with Gasteiger partial charge in [0.05, 0.1) is 48.3 Å². The van der Waals surface area contributed by atoms with Crippen LogP contribution in [-0.2, 0) is 23.9 Å². The number of benzene rings is 1. The number of amides is 1. The van der Waals surface area contributed by atoms with E-state index in [2.05, 4.69) is 39.3 Å². The number of aryl methyl sites for hydroxylation is 1. The number of nitrogens with zero attached hydrogens (tertiary/aromatic N) is 6. The van der Waals surface area contributed by atoms with Gasteiger partial charge in [-0.3, -0.25) is 15.2 Å². The minimum Gasteiger partial charge on any atom is -0.461 e. The summed E-state index contributed by atoms with van der Waals surface area (Å²) in [5, 5.41) is 19.7. The SMILES string of the molecule is C=CC(=O)OCCN(CCOC(=O)C=C)c1ccc(N=Nc2snc(C)c2C#N)cc1NN1C(=O)CC1C. The molecule has 0 radical (unpaired) electrons. The first-order valence-corrected chi connectivity index (χ1v) is 12.4. The number of ether oxygens (including phenoxy) is 2. The summed E-state index contributed by atoms with van der Waals surface area (Å²) in [6.45, 7) is 11.0. The summed E-state index contributed by atoms with van der Waals surface area (Å²) in [7, 11) is 0. The van der Waals surface area contributed by atoms with Crippen LogP contribution in [0.25, 0.3) is 0 Å². The molecule has 1 aliphatic heterocycles. The van der Waals surface area contributed by atoms with Gasteiger partial charge in [0.1, 0.15) is 24.8 Å². The average molecular weight is 538 g/mol. The Morgan fingerprint density at radius 2 is 1.92 bits per heavy atom. The Morgan fingerprint density at radius 3 is 2.47 bits per heavy atom. The molecular formula is C25H27N7O5S. The second-order valence-electron chi connectivity index (χ2n) is 8.12. The van der Waals surface area contributed by atoms with E-state index < -0.39 is 11.9 Å². The highest BCUT2D eigenvalue weighted by Gasteiger charge is 2.33. The quantitative estimate of drug-likeness (QED) is 0.173. The lowest BCUT2D eigenvalue weighted by Crippen LogP contribution is -2.54. The second kappa shape index (κ2) is 13.1. The van der Waals surface area contributed by atoms with Crippen LogP contribution in [0.2, 0.25) is 0 Å². The Hall–Kier alpha value is -4.57. The minimum absolute atomic E-state index is 0.0190. The van der Waals surface area contributed by atoms with Crippen molar-refractivity contribution in [3.63, 3.8) is 0 Å². The molecule has 1 aromatic carbocycles. The molecule has 2 heterocycles. The Balaban J connectivity index is 1.92. The third-order valence-corrected chi connectivity index (χ3v) is 6.32. The summed E-state index contributed by atoms with van der Waals surface area (Å²) in [4.78, 5) is 37.1. The third-order valence-electron chi connectivity index (χ3n) is 5.50. The van der Waals surface area contributed by atoms with Crippen LogP contribution >= 0.6 is 11.5 Å². The largest absolute Gasteiger partial charge is 0.461 e. The van der Waals surface area contributed by atoms with E-state index in [9.17, 15) is 19.6 Å². The molecule has 0 saturated carbocycles. The molecule has 2 aromatic rings. The first kappa shape index (κ1) is 28.0. The van der Waals surface area contributed by atoms with Crippen molar-refractivity contribution < 1.29 is 23.9 Å². The van der Waals surface area contributed by atoms with Crippen LogP contribution in [0.5, 0.6) is 0 Å². The van der Waals surface area contributed by atoms with E-state index in [1.807, 2.05) is 11.8 Å². The molecule has 1 fully saturated rings. The maximum absolute atomic E-state index is 12.2. The number of nitrogens with one attached hydrogen (secondary N) is 1. The number of esters is 2. The maximum atomic E-state index is 12.2. The molecule has 0 bridgehead atoms. The molecule has 38 heavy (non-hydrogen) atoms. The number of aromatic nitrogens is 1. The van der Waals surface area contributed by atoms with Gasteiger partial charge in [0, 0.05) is 12.2 Å². The summed E-state index contributed by atoms with van der Waals surface area (Å²) in [6, 6.07) is 7.24. The van der Waals surface area contributed by atoms with Crippen molar-refractivity contribution in [2.24, 2.45) is 10.2 Å². The Kier molecular flexibility index (Phi) is 9.66. The fourth-order valence-electron chi connectivity index (χ4n) is 3.47. The van der Waals surface area contributed by atoms with Gasteiger partial charge >= 0.3 is 11.9 Å². The first-order valence-electron chi connectivity index (χ1n) is 11.6. The van der Waals surface area contributed by atoms with Gasteiger partial charge in [-0.1, -0.05) is 13.2 Å². The number of carbonyl (C=O) groups excluding carboxylic acids is 3. The van der Waals surface area contributed by atoms with E-state index in [0.717, 1.165) is 23.7 Å². The molecular weight excluding hydrogens is 510 g/mol. The van der Waals surface area contributed by atoms with E-state index in [4.69, 9.17) is 9.47 Å². The monoisotopic (exact) mass is 537 g/mol. The summed E-state index contributed by atoms with van der Waals surface area (Å²) in [5.74, 6) is -1.19. The molecule has 3 rings (SSSR count). The molecule has 1 aromatic heterocycles. The first-order chi connectivity index (χ1) is 18.3. The van der Waals surface area contributed by atoms with E-state index >= 15 is 0 Å². The summed E-state index contributed by atoms with van der Waals surface area (Å²) < 4.78 is 14.4. The van der Waals surface area contributed by atoms with Crippen LogP contribution in [0, 0.1) is 18.3 Å². The molecule has 0 spiro atoms. The molecule has 1 amide bonds. The lowest BCUT2D eigenvalue weighted by atomic mass is 10.1. The standard InChI is InChI=1S/C25H27N7O5S/c1-5-23(34)36-11-9-31(10-12-37-24(35)6-2)21-8-7-18(14-20(21)29-32-16(3)13-22(32)33)27-28-25-19(15-26)17(4)30-38-25/h5-8,14,16,29H,1-2,9-13H2,3-4H3. The number of hydrogen-bond acceptors (Lipinski definition) is 12. The van der Waals surface area contributed by atoms with Gasteiger partial charge < -0.3 is 14.4 Å². The maximum Gasteiger partial charge on any atom is 0.330 e. The van der Waals surface area contributed by atoms with E-state index in [-0.39, 0.29) is 38.3 Å². The van der Waals surface area contributed by atoms with Gasteiger partial charge in [-0.2, -0.15) is 9.64 Å². The van der Waals surface area contributed by atoms with Gasteiger partial charge in [0.25, 0.3) is 0 Å². The lowest BCUT2D eigenvalue weighted by molar-refractivity contribution is -0.142. The predicted octanol–water partition coefficient (Wildman–Crippen LogP) is 3.95. The third kappa shape index (κ3) is 7.01. The molecule has 13 heteroatoms. The van der Waals surface area contributed by atoms with E-state index in [1.165, 1.54) is 5.01 Å². The van der Waals surface area contributed by atoms with Crippen LogP contribution in [0.1, 0.15) is 24.6 Å². The smallest absolute Gasteiger partial charge is 0.330 e. The summed E-state index contributed by atoms with van der Waals surface area (Å²) >= 11 is 1.08. The molecule has 12 nitrogen and oxygen atoms in total. The van der Waals surface area contributed by atoms with Crippen molar-refractivity contribution >= 4 is 51.4 Å². The van der Waals surface area contributed by atoms with Crippen molar-refractivity contribution in [3.05, 3.63) is 54.8 Å². The zero-order chi connectivity index (χ0) is 27.7. The van der Waals surface area contributed by atoms with Crippen LogP contribution < -0.4 is 10.3 Å². The highest BCUT2D eigenvalue weighted by Crippen LogP contribution is 2.35. The van der Waals surface area contributed by atoms with E-state index in [0.29, 0.717) is 39.7 Å². The van der Waals surface area contributed by atoms with Crippen molar-refractivity contribution in [1.82, 2.24) is 9.38 Å². The number of hydrazine groups is 1. The average Bonchev–Trinajstić information content (AvgIpc) is 3.28. The lowest BCUT2D eigenvalue weighted by Gasteiger charge is -2.39. The predicted molar refractivity (Wildman–Crippen MR) is 141 cm³/mol. The summed E-state index contributed by atoms with van der Waals surface area (Å²) in [5.41, 5.74) is 5.73. The van der Waals surface area contributed by atoms with E-state index in [1.54, 1.807) is 25.1 Å². The van der Waals surface area contributed by atoms with Crippen molar-refractivity contribution in [1.29, 1.82) is 5.26 Å². The molecule has 1 saturated heterocycles. The number of carbonyl (C=O) groups is 3. The van der Waals surface area contributed by atoms with Crippen LogP contribution in [0.4, 0.5) is 22.1 Å². The van der Waals surface area contributed by atoms with Crippen LogP contribution in [0.15, 0.2) is 53.7 Å². The number of anilines is 2. The van der Waals surface area contributed by atoms with Gasteiger partial charge in [0.15, 0.2) is 5.00 Å². The van der Waals surface area contributed by atoms with Gasteiger partial charge in [-0.05, 0) is 43.6 Å². The Labute approximate surface area is 224 Å². The topological polar surface area (TPSA) is 150 Å². The van der Waals surface area contributed by atoms with Crippen LogP contribution in [-0.4, -0.2) is 59.6 Å². The summed E-state index contributed by atoms with van der Waals surface area (Å²) in [6.07, 6.45) is 2.56. The van der Waals surface area contributed by atoms with Crippen molar-refractivity contribution in [2.75, 3.05) is 36.6 Å². The van der Waals surface area contributed by atoms with Crippen molar-refractivity contribution in [3.8, 4) is 6.07 Å². The fourth-order valence-corrected chi connectivity index (χ4v) is 4.15. The zero-order valence-corrected chi connectivity index (χ0v) is 21.9. The van der Waals surface area contributed by atoms with Gasteiger partial charge in [0.2, 0.25) is 5.91 Å². The second-order valence-corrected chi connectivity index (χ2v) is 8.87. The Bertz CT molecular complexity index is 1270. The Morgan fingerprint density at radius 1 is 1.26 bits per heavy atom. The van der Waals surface area contributed by atoms with Gasteiger partial charge in [-0.25, -0.2) is 9.59 Å². The normalized spacial score (nSPS) is 14.4. The van der Waals surface area contributed by atoms with Crippen molar-refractivity contribution in [2.45, 2.75) is 26.3 Å². The molecule has 198 valence electrons. The number of β-lactam (4-membered cyclic amide) rings is 1. The highest BCUT2D eigenvalue weighted by molar-refractivity contribution is 7.10. The zero-order valence-electron chi connectivity index (χ0n) is 21.0. The molecule has 1 atom stereocenters. The molecule has 1 unspecified atom stereocenters. The molecule has 1 aliphatic rings. The molecule has 0 aliphatic carbocycles. The number of rotatable bonds is 13. The van der Waals surface area contributed by atoms with Crippen LogP contribution in [0.3, 0.4) is 0 Å². The van der Waals surface area contributed by atoms with Gasteiger partial charge in [-0.15, -0.1) is 10.2 Å². The fraction of sp³-hybridized carbons (Fsp3) is 0.320. The highest BCUT2D eigenvalue weighted by atomic mass is 32.1. The number of hydrogen-bond donors (Lipinski definition) is 1. The number of nitriles is 1. The minimum atomic E-state index is -0.563. The molecule has 1 N–H and O–H groups in total.